The number of ether oxygens (including phenoxy) is 1. The molecule has 4 rings (SSSR count). The summed E-state index contributed by atoms with van der Waals surface area (Å²) >= 11 is 0. The molecule has 2 aliphatic heterocycles. The predicted octanol–water partition coefficient (Wildman–Crippen LogP) is 2.93. The first-order chi connectivity index (χ1) is 13.2. The number of hydrogen-bond acceptors (Lipinski definition) is 3. The predicted molar refractivity (Wildman–Crippen MR) is 102 cm³/mol. The third-order valence-electron chi connectivity index (χ3n) is 5.13. The van der Waals surface area contributed by atoms with E-state index >= 15 is 0 Å². The number of halogens is 1. The molecule has 0 saturated carbocycles. The van der Waals surface area contributed by atoms with E-state index in [0.717, 1.165) is 50.4 Å². The second-order valence-electron chi connectivity index (χ2n) is 7.04. The average Bonchev–Trinajstić information content (AvgIpc) is 3.10. The fraction of sp³-hybridized carbons (Fsp3) is 0.381. The highest BCUT2D eigenvalue weighted by Gasteiger charge is 2.24. The van der Waals surface area contributed by atoms with E-state index < -0.39 is 0 Å². The van der Waals surface area contributed by atoms with Gasteiger partial charge in [0.15, 0.2) is 0 Å². The molecule has 0 bridgehead atoms. The third kappa shape index (κ3) is 4.28. The number of carbonyl (C=O) groups excluding carboxylic acids is 1. The minimum Gasteiger partial charge on any atom is -0.379 e. The first-order valence-corrected chi connectivity index (χ1v) is 9.41. The van der Waals surface area contributed by atoms with Gasteiger partial charge in [-0.1, -0.05) is 30.3 Å². The van der Waals surface area contributed by atoms with Crippen molar-refractivity contribution in [3.63, 3.8) is 0 Å². The second-order valence-corrected chi connectivity index (χ2v) is 7.04. The van der Waals surface area contributed by atoms with Gasteiger partial charge in [-0.2, -0.15) is 0 Å². The number of benzene rings is 2. The Morgan fingerprint density at radius 1 is 1.07 bits per heavy atom. The summed E-state index contributed by atoms with van der Waals surface area (Å²) in [5.74, 6) is -0.315. The number of nitrogens with one attached hydrogen (secondary N) is 1. The molecule has 1 N–H and O–H groups in total. The van der Waals surface area contributed by atoms with Crippen LogP contribution in [0.4, 0.5) is 14.9 Å². The number of rotatable bonds is 4. The number of anilines is 1. The summed E-state index contributed by atoms with van der Waals surface area (Å²) < 4.78 is 18.9. The molecule has 2 aromatic rings. The van der Waals surface area contributed by atoms with Gasteiger partial charge in [0, 0.05) is 32.7 Å². The fourth-order valence-electron chi connectivity index (χ4n) is 3.69. The zero-order chi connectivity index (χ0) is 18.6. The van der Waals surface area contributed by atoms with Crippen LogP contribution in [0.3, 0.4) is 0 Å². The lowest BCUT2D eigenvalue weighted by molar-refractivity contribution is 0.0342. The molecule has 0 unspecified atom stereocenters. The summed E-state index contributed by atoms with van der Waals surface area (Å²) in [7, 11) is 0. The highest BCUT2D eigenvalue weighted by molar-refractivity contribution is 5.94. The van der Waals surface area contributed by atoms with Crippen LogP contribution in [0.25, 0.3) is 0 Å². The van der Waals surface area contributed by atoms with Crippen LogP contribution in [-0.4, -0.2) is 43.8 Å². The van der Waals surface area contributed by atoms with E-state index in [4.69, 9.17) is 4.74 Å². The van der Waals surface area contributed by atoms with Gasteiger partial charge in [-0.3, -0.25) is 9.80 Å². The Balaban J connectivity index is 1.36. The Morgan fingerprint density at radius 3 is 2.74 bits per heavy atom. The standard InChI is InChI=1S/C21H24FN3O2/c22-19-5-4-18-6-7-25(20(18)13-19)21(26)23-14-16-2-1-3-17(12-16)15-24-8-10-27-11-9-24/h1-5,12-13H,6-11,14-15H2,(H,23,26). The van der Waals surface area contributed by atoms with Crippen molar-refractivity contribution >= 4 is 11.7 Å². The van der Waals surface area contributed by atoms with Gasteiger partial charge in [0.1, 0.15) is 5.82 Å². The summed E-state index contributed by atoms with van der Waals surface area (Å²) in [6, 6.07) is 12.7. The van der Waals surface area contributed by atoms with Crippen LogP contribution in [0.5, 0.6) is 0 Å². The van der Waals surface area contributed by atoms with Crippen molar-refractivity contribution in [2.45, 2.75) is 19.5 Å². The monoisotopic (exact) mass is 369 g/mol. The molecule has 27 heavy (non-hydrogen) atoms. The van der Waals surface area contributed by atoms with Crippen LogP contribution < -0.4 is 10.2 Å². The number of urea groups is 1. The maximum Gasteiger partial charge on any atom is 0.322 e. The number of amides is 2. The van der Waals surface area contributed by atoms with E-state index in [1.165, 1.54) is 17.7 Å². The van der Waals surface area contributed by atoms with E-state index in [-0.39, 0.29) is 11.8 Å². The van der Waals surface area contributed by atoms with Crippen LogP contribution >= 0.6 is 0 Å². The second kappa shape index (κ2) is 8.06. The molecule has 2 aromatic carbocycles. The summed E-state index contributed by atoms with van der Waals surface area (Å²) in [4.78, 5) is 16.6. The van der Waals surface area contributed by atoms with Gasteiger partial charge in [0.25, 0.3) is 0 Å². The Hall–Kier alpha value is -2.44. The van der Waals surface area contributed by atoms with Crippen molar-refractivity contribution in [3.05, 3.63) is 65.0 Å². The molecule has 6 heteroatoms. The van der Waals surface area contributed by atoms with Crippen LogP contribution in [0.15, 0.2) is 42.5 Å². The Labute approximate surface area is 158 Å². The smallest absolute Gasteiger partial charge is 0.322 e. The largest absolute Gasteiger partial charge is 0.379 e. The van der Waals surface area contributed by atoms with Crippen molar-refractivity contribution in [1.29, 1.82) is 0 Å². The molecule has 1 saturated heterocycles. The number of hydrogen-bond donors (Lipinski definition) is 1. The highest BCUT2D eigenvalue weighted by Crippen LogP contribution is 2.28. The van der Waals surface area contributed by atoms with Gasteiger partial charge in [-0.25, -0.2) is 9.18 Å². The SMILES string of the molecule is O=C(NCc1cccc(CN2CCOCC2)c1)N1CCc2ccc(F)cc21. The lowest BCUT2D eigenvalue weighted by Gasteiger charge is -2.26. The molecule has 142 valence electrons. The Bertz CT molecular complexity index is 821. The van der Waals surface area contributed by atoms with Gasteiger partial charge >= 0.3 is 6.03 Å². The summed E-state index contributed by atoms with van der Waals surface area (Å²) in [6.07, 6.45) is 0.762. The van der Waals surface area contributed by atoms with Gasteiger partial charge < -0.3 is 10.1 Å². The van der Waals surface area contributed by atoms with Gasteiger partial charge in [0.05, 0.1) is 18.9 Å². The van der Waals surface area contributed by atoms with E-state index in [2.05, 4.69) is 22.3 Å². The van der Waals surface area contributed by atoms with E-state index in [0.29, 0.717) is 18.8 Å². The van der Waals surface area contributed by atoms with Crippen molar-refractivity contribution in [2.75, 3.05) is 37.7 Å². The number of fused-ring (bicyclic) bond motifs is 1. The number of nitrogens with zero attached hydrogens (tertiary/aromatic N) is 2. The van der Waals surface area contributed by atoms with E-state index in [9.17, 15) is 9.18 Å². The molecule has 0 aliphatic carbocycles. The molecule has 2 amide bonds. The lowest BCUT2D eigenvalue weighted by Crippen LogP contribution is -2.38. The minimum atomic E-state index is -0.315. The zero-order valence-corrected chi connectivity index (χ0v) is 15.3. The van der Waals surface area contributed by atoms with Crippen LogP contribution in [0.2, 0.25) is 0 Å². The average molecular weight is 369 g/mol. The maximum atomic E-state index is 13.5. The first-order valence-electron chi connectivity index (χ1n) is 9.41. The van der Waals surface area contributed by atoms with Crippen molar-refractivity contribution in [3.8, 4) is 0 Å². The molecule has 0 spiro atoms. The molecular formula is C21H24FN3O2. The summed E-state index contributed by atoms with van der Waals surface area (Å²) in [5.41, 5.74) is 3.98. The van der Waals surface area contributed by atoms with Crippen LogP contribution in [0, 0.1) is 5.82 Å². The number of morpholine rings is 1. The Kier molecular flexibility index (Phi) is 5.36. The van der Waals surface area contributed by atoms with Crippen molar-refractivity contribution in [2.24, 2.45) is 0 Å². The van der Waals surface area contributed by atoms with Gasteiger partial charge in [-0.05, 0) is 35.2 Å². The first kappa shape index (κ1) is 17.9. The summed E-state index contributed by atoms with van der Waals surface area (Å²) in [5, 5.41) is 2.96. The molecular weight excluding hydrogens is 345 g/mol. The normalized spacial score (nSPS) is 17.0. The molecule has 0 radical (unpaired) electrons. The molecule has 2 aliphatic rings. The zero-order valence-electron chi connectivity index (χ0n) is 15.3. The number of carbonyl (C=O) groups is 1. The molecule has 5 nitrogen and oxygen atoms in total. The van der Waals surface area contributed by atoms with Gasteiger partial charge in [0.2, 0.25) is 0 Å². The fourth-order valence-corrected chi connectivity index (χ4v) is 3.69. The van der Waals surface area contributed by atoms with E-state index in [1.807, 2.05) is 12.1 Å². The minimum absolute atomic E-state index is 0.182. The lowest BCUT2D eigenvalue weighted by atomic mass is 10.1. The van der Waals surface area contributed by atoms with Crippen LogP contribution in [-0.2, 0) is 24.2 Å². The molecule has 1 fully saturated rings. The summed E-state index contributed by atoms with van der Waals surface area (Å²) in [6.45, 7) is 5.40. The topological polar surface area (TPSA) is 44.8 Å². The molecule has 0 aromatic heterocycles. The van der Waals surface area contributed by atoms with Crippen molar-refractivity contribution in [1.82, 2.24) is 10.2 Å². The molecule has 0 atom stereocenters. The van der Waals surface area contributed by atoms with E-state index in [1.54, 1.807) is 11.0 Å². The Morgan fingerprint density at radius 2 is 1.89 bits per heavy atom. The van der Waals surface area contributed by atoms with Crippen LogP contribution in [0.1, 0.15) is 16.7 Å². The third-order valence-corrected chi connectivity index (χ3v) is 5.13. The van der Waals surface area contributed by atoms with Crippen molar-refractivity contribution < 1.29 is 13.9 Å². The quantitative estimate of drug-likeness (QED) is 0.901. The van der Waals surface area contributed by atoms with Gasteiger partial charge in [-0.15, -0.1) is 0 Å². The molecule has 2 heterocycles. The highest BCUT2D eigenvalue weighted by atomic mass is 19.1. The maximum absolute atomic E-state index is 13.5.